The molecule has 10 heteroatoms. The maximum absolute atomic E-state index is 12.6. The first-order chi connectivity index (χ1) is 12.6. The highest BCUT2D eigenvalue weighted by molar-refractivity contribution is 7.89. The van der Waals surface area contributed by atoms with E-state index in [0.717, 1.165) is 26.8 Å². The van der Waals surface area contributed by atoms with E-state index in [-0.39, 0.29) is 21.4 Å². The van der Waals surface area contributed by atoms with Crippen molar-refractivity contribution in [1.29, 1.82) is 0 Å². The van der Waals surface area contributed by atoms with Crippen molar-refractivity contribution in [2.45, 2.75) is 25.7 Å². The van der Waals surface area contributed by atoms with Gasteiger partial charge in [-0.3, -0.25) is 4.79 Å². The Hall–Kier alpha value is -2.30. The normalized spacial score (nSPS) is 11.5. The Bertz CT molecular complexity index is 982. The van der Waals surface area contributed by atoms with Crippen molar-refractivity contribution in [2.75, 3.05) is 26.0 Å². The second-order valence-corrected chi connectivity index (χ2v) is 9.02. The van der Waals surface area contributed by atoms with Crippen molar-refractivity contribution in [3.8, 4) is 0 Å². The van der Waals surface area contributed by atoms with Crippen LogP contribution in [0.25, 0.3) is 0 Å². The summed E-state index contributed by atoms with van der Waals surface area (Å²) >= 11 is 0.969. The van der Waals surface area contributed by atoms with E-state index in [1.54, 1.807) is 19.1 Å². The number of nitrogens with zero attached hydrogens (tertiary/aromatic N) is 2. The van der Waals surface area contributed by atoms with Gasteiger partial charge in [0.05, 0.1) is 24.2 Å². The molecule has 2 rings (SSSR count). The van der Waals surface area contributed by atoms with Crippen LogP contribution in [0.3, 0.4) is 0 Å². The average Bonchev–Trinajstić information content (AvgIpc) is 2.96. The molecule has 27 heavy (non-hydrogen) atoms. The number of sulfonamides is 1. The van der Waals surface area contributed by atoms with E-state index in [9.17, 15) is 18.0 Å². The van der Waals surface area contributed by atoms with Crippen molar-refractivity contribution in [3.63, 3.8) is 0 Å². The number of carbonyl (C=O) groups is 2. The Morgan fingerprint density at radius 3 is 2.48 bits per heavy atom. The molecule has 0 radical (unpaired) electrons. The van der Waals surface area contributed by atoms with Crippen LogP contribution in [0.15, 0.2) is 23.1 Å². The van der Waals surface area contributed by atoms with Gasteiger partial charge in [-0.15, -0.1) is 0 Å². The van der Waals surface area contributed by atoms with Gasteiger partial charge in [-0.25, -0.2) is 18.2 Å². The lowest BCUT2D eigenvalue weighted by Gasteiger charge is -2.17. The SMILES string of the molecule is COC(=O)c1sc(NC(=O)CN(C)S(=O)(=O)c2ccc(C)c(C)c2)nc1C. The summed E-state index contributed by atoms with van der Waals surface area (Å²) in [5.41, 5.74) is 2.26. The average molecular weight is 412 g/mol. The summed E-state index contributed by atoms with van der Waals surface area (Å²) in [7, 11) is -1.22. The highest BCUT2D eigenvalue weighted by Crippen LogP contribution is 2.23. The molecule has 0 saturated heterocycles. The fourth-order valence-corrected chi connectivity index (χ4v) is 4.35. The zero-order chi connectivity index (χ0) is 20.4. The highest BCUT2D eigenvalue weighted by atomic mass is 32.2. The quantitative estimate of drug-likeness (QED) is 0.730. The van der Waals surface area contributed by atoms with Crippen molar-refractivity contribution in [3.05, 3.63) is 39.9 Å². The van der Waals surface area contributed by atoms with Gasteiger partial charge in [0.2, 0.25) is 15.9 Å². The van der Waals surface area contributed by atoms with E-state index in [2.05, 4.69) is 15.0 Å². The fraction of sp³-hybridized carbons (Fsp3) is 0.353. The topological polar surface area (TPSA) is 106 Å². The minimum Gasteiger partial charge on any atom is -0.465 e. The molecule has 0 saturated carbocycles. The standard InChI is InChI=1S/C17H21N3O5S2/c1-10-6-7-13(8-11(10)2)27(23,24)20(4)9-14(21)19-17-18-12(3)15(26-17)16(22)25-5/h6-8H,9H2,1-5H3,(H,18,19,21). The number of anilines is 1. The lowest BCUT2D eigenvalue weighted by atomic mass is 10.1. The molecule has 2 aromatic rings. The molecule has 8 nitrogen and oxygen atoms in total. The Balaban J connectivity index is 2.10. The number of nitrogens with one attached hydrogen (secondary N) is 1. The summed E-state index contributed by atoms with van der Waals surface area (Å²) in [6.07, 6.45) is 0. The maximum atomic E-state index is 12.6. The number of ether oxygens (including phenoxy) is 1. The molecule has 1 amide bonds. The number of aryl methyl sites for hydroxylation is 3. The molecule has 0 unspecified atom stereocenters. The summed E-state index contributed by atoms with van der Waals surface area (Å²) in [6.45, 7) is 4.95. The predicted octanol–water partition coefficient (Wildman–Crippen LogP) is 2.11. The second-order valence-electron chi connectivity index (χ2n) is 5.98. The Morgan fingerprint density at radius 2 is 1.89 bits per heavy atom. The Morgan fingerprint density at radius 1 is 1.22 bits per heavy atom. The fourth-order valence-electron chi connectivity index (χ4n) is 2.23. The molecule has 1 N–H and O–H groups in total. The van der Waals surface area contributed by atoms with Gasteiger partial charge >= 0.3 is 5.97 Å². The lowest BCUT2D eigenvalue weighted by Crippen LogP contribution is -2.35. The maximum Gasteiger partial charge on any atom is 0.350 e. The zero-order valence-electron chi connectivity index (χ0n) is 15.7. The first-order valence-electron chi connectivity index (χ1n) is 7.95. The second kappa shape index (κ2) is 8.15. The number of carbonyl (C=O) groups excluding carboxylic acids is 2. The predicted molar refractivity (Wildman–Crippen MR) is 103 cm³/mol. The number of hydrogen-bond donors (Lipinski definition) is 1. The van der Waals surface area contributed by atoms with Crippen LogP contribution in [0.1, 0.15) is 26.5 Å². The molecule has 1 aromatic heterocycles. The monoisotopic (exact) mass is 411 g/mol. The molecular formula is C17H21N3O5S2. The summed E-state index contributed by atoms with van der Waals surface area (Å²) in [4.78, 5) is 28.3. The molecule has 0 aliphatic heterocycles. The third-order valence-electron chi connectivity index (χ3n) is 3.97. The van der Waals surface area contributed by atoms with Gasteiger partial charge in [-0.05, 0) is 44.0 Å². The van der Waals surface area contributed by atoms with Crippen LogP contribution in [0.4, 0.5) is 5.13 Å². The van der Waals surface area contributed by atoms with Crippen LogP contribution in [-0.4, -0.2) is 50.3 Å². The van der Waals surface area contributed by atoms with E-state index in [1.807, 2.05) is 13.8 Å². The number of aromatic nitrogens is 1. The van der Waals surface area contributed by atoms with E-state index in [1.165, 1.54) is 20.2 Å². The third-order valence-corrected chi connectivity index (χ3v) is 6.82. The molecule has 1 aromatic carbocycles. The molecule has 0 spiro atoms. The molecule has 0 fully saturated rings. The van der Waals surface area contributed by atoms with Crippen LogP contribution in [-0.2, 0) is 19.6 Å². The smallest absolute Gasteiger partial charge is 0.350 e. The molecule has 1 heterocycles. The van der Waals surface area contributed by atoms with Crippen LogP contribution in [0, 0.1) is 20.8 Å². The minimum absolute atomic E-state index is 0.124. The number of methoxy groups -OCH3 is 1. The number of thiazole rings is 1. The minimum atomic E-state index is -3.80. The van der Waals surface area contributed by atoms with Crippen molar-refractivity contribution >= 4 is 38.4 Å². The number of rotatable bonds is 6. The third kappa shape index (κ3) is 4.71. The molecule has 0 aliphatic rings. The van der Waals surface area contributed by atoms with E-state index in [0.29, 0.717) is 5.69 Å². The van der Waals surface area contributed by atoms with E-state index in [4.69, 9.17) is 0 Å². The Labute approximate surface area is 162 Å². The van der Waals surface area contributed by atoms with Gasteiger partial charge < -0.3 is 10.1 Å². The summed E-state index contributed by atoms with van der Waals surface area (Å²) < 4.78 is 30.9. The van der Waals surface area contributed by atoms with Gasteiger partial charge in [-0.2, -0.15) is 4.31 Å². The number of benzene rings is 1. The van der Waals surface area contributed by atoms with E-state index < -0.39 is 21.9 Å². The van der Waals surface area contributed by atoms with Crippen LogP contribution in [0.2, 0.25) is 0 Å². The first kappa shape index (κ1) is 21.0. The number of esters is 1. The summed E-state index contributed by atoms with van der Waals surface area (Å²) in [5, 5.41) is 2.72. The van der Waals surface area contributed by atoms with Crippen LogP contribution < -0.4 is 5.32 Å². The number of amides is 1. The summed E-state index contributed by atoms with van der Waals surface area (Å²) in [6, 6.07) is 4.81. The number of likely N-dealkylation sites (N-methyl/N-ethyl adjacent to an activating group) is 1. The van der Waals surface area contributed by atoms with Gasteiger partial charge in [0, 0.05) is 7.05 Å². The molecule has 0 atom stereocenters. The molecule has 146 valence electrons. The van der Waals surface area contributed by atoms with Gasteiger partial charge in [0.1, 0.15) is 4.88 Å². The van der Waals surface area contributed by atoms with Crippen molar-refractivity contribution in [1.82, 2.24) is 9.29 Å². The van der Waals surface area contributed by atoms with Gasteiger partial charge in [0.25, 0.3) is 0 Å². The molecular weight excluding hydrogens is 390 g/mol. The number of hydrogen-bond acceptors (Lipinski definition) is 7. The zero-order valence-corrected chi connectivity index (χ0v) is 17.3. The lowest BCUT2D eigenvalue weighted by molar-refractivity contribution is -0.116. The van der Waals surface area contributed by atoms with Crippen molar-refractivity contribution < 1.29 is 22.7 Å². The van der Waals surface area contributed by atoms with Crippen molar-refractivity contribution in [2.24, 2.45) is 0 Å². The van der Waals surface area contributed by atoms with Crippen LogP contribution in [0.5, 0.6) is 0 Å². The van der Waals surface area contributed by atoms with Crippen LogP contribution >= 0.6 is 11.3 Å². The van der Waals surface area contributed by atoms with E-state index >= 15 is 0 Å². The Kier molecular flexibility index (Phi) is 6.34. The molecule has 0 aliphatic carbocycles. The molecule has 0 bridgehead atoms. The first-order valence-corrected chi connectivity index (χ1v) is 10.2. The highest BCUT2D eigenvalue weighted by Gasteiger charge is 2.24. The largest absolute Gasteiger partial charge is 0.465 e. The van der Waals surface area contributed by atoms with Gasteiger partial charge in [0.15, 0.2) is 5.13 Å². The summed E-state index contributed by atoms with van der Waals surface area (Å²) in [5.74, 6) is -1.10. The van der Waals surface area contributed by atoms with Gasteiger partial charge in [-0.1, -0.05) is 17.4 Å².